The normalized spacial score (nSPS) is 12.6. The van der Waals surface area contributed by atoms with Gasteiger partial charge < -0.3 is 5.32 Å². The van der Waals surface area contributed by atoms with E-state index < -0.39 is 0 Å². The molecule has 0 bridgehead atoms. The predicted molar refractivity (Wildman–Crippen MR) is 85.4 cm³/mol. The molecular weight excluding hydrogens is 274 g/mol. The van der Waals surface area contributed by atoms with Crippen molar-refractivity contribution >= 4 is 22.9 Å². The van der Waals surface area contributed by atoms with E-state index in [0.717, 1.165) is 22.9 Å². The zero-order valence-electron chi connectivity index (χ0n) is 11.7. The Labute approximate surface area is 124 Å². The molecule has 0 fully saturated rings. The summed E-state index contributed by atoms with van der Waals surface area (Å²) in [4.78, 5) is 1.29. The van der Waals surface area contributed by atoms with Crippen LogP contribution in [0.25, 0.3) is 0 Å². The molecule has 2 aromatic rings. The summed E-state index contributed by atoms with van der Waals surface area (Å²) in [5, 5.41) is 3.54. The van der Waals surface area contributed by atoms with Crippen molar-refractivity contribution in [1.29, 1.82) is 0 Å². The van der Waals surface area contributed by atoms with Crippen LogP contribution in [-0.4, -0.2) is 6.54 Å². The van der Waals surface area contributed by atoms with Crippen LogP contribution in [0.15, 0.2) is 30.3 Å². The molecule has 0 aliphatic carbocycles. The first-order valence-corrected chi connectivity index (χ1v) is 7.93. The molecule has 0 saturated carbocycles. The maximum absolute atomic E-state index is 6.20. The zero-order chi connectivity index (χ0) is 13.8. The molecule has 2 rings (SSSR count). The summed E-state index contributed by atoms with van der Waals surface area (Å²) in [6.45, 7) is 7.31. The number of aryl methyl sites for hydroxylation is 2. The van der Waals surface area contributed by atoms with E-state index in [-0.39, 0.29) is 6.04 Å². The summed E-state index contributed by atoms with van der Waals surface area (Å²) in [6, 6.07) is 11.3. The molecule has 3 heteroatoms. The Kier molecular flexibility index (Phi) is 5.03. The van der Waals surface area contributed by atoms with Crippen LogP contribution in [-0.2, 0) is 6.42 Å². The Balaban J connectivity index is 2.33. The maximum atomic E-state index is 6.20. The number of halogens is 1. The van der Waals surface area contributed by atoms with E-state index in [1.54, 1.807) is 11.3 Å². The van der Waals surface area contributed by atoms with Gasteiger partial charge in [0.1, 0.15) is 0 Å². The fraction of sp³-hybridized carbons (Fsp3) is 0.375. The second kappa shape index (κ2) is 6.56. The Morgan fingerprint density at radius 2 is 1.89 bits per heavy atom. The number of benzene rings is 1. The molecule has 0 aliphatic heterocycles. The van der Waals surface area contributed by atoms with Crippen molar-refractivity contribution in [2.75, 3.05) is 6.54 Å². The van der Waals surface area contributed by atoms with Crippen molar-refractivity contribution in [2.45, 2.75) is 33.2 Å². The quantitative estimate of drug-likeness (QED) is 0.820. The highest BCUT2D eigenvalue weighted by Crippen LogP contribution is 2.34. The second-order valence-electron chi connectivity index (χ2n) is 4.69. The minimum Gasteiger partial charge on any atom is -0.306 e. The van der Waals surface area contributed by atoms with Gasteiger partial charge in [0.15, 0.2) is 0 Å². The number of thiophene rings is 1. The molecule has 0 saturated heterocycles. The second-order valence-corrected chi connectivity index (χ2v) is 6.38. The smallest absolute Gasteiger partial charge is 0.0961 e. The van der Waals surface area contributed by atoms with Crippen LogP contribution < -0.4 is 5.32 Å². The van der Waals surface area contributed by atoms with Crippen molar-refractivity contribution in [2.24, 2.45) is 0 Å². The molecule has 0 aliphatic rings. The first kappa shape index (κ1) is 14.6. The fourth-order valence-electron chi connectivity index (χ4n) is 2.16. The molecule has 1 aromatic heterocycles. The Bertz CT molecular complexity index is 511. The summed E-state index contributed by atoms with van der Waals surface area (Å²) in [6.07, 6.45) is 1.08. The lowest BCUT2D eigenvalue weighted by Crippen LogP contribution is -2.21. The topological polar surface area (TPSA) is 12.0 Å². The number of hydrogen-bond acceptors (Lipinski definition) is 2. The molecule has 0 radical (unpaired) electrons. The number of rotatable bonds is 5. The van der Waals surface area contributed by atoms with Gasteiger partial charge in [-0.3, -0.25) is 0 Å². The monoisotopic (exact) mass is 293 g/mol. The van der Waals surface area contributed by atoms with Gasteiger partial charge in [0.05, 0.1) is 10.4 Å². The van der Waals surface area contributed by atoms with E-state index in [1.165, 1.54) is 16.0 Å². The van der Waals surface area contributed by atoms with Gasteiger partial charge in [0.25, 0.3) is 0 Å². The largest absolute Gasteiger partial charge is 0.306 e. The van der Waals surface area contributed by atoms with E-state index >= 15 is 0 Å². The predicted octanol–water partition coefficient (Wildman–Crippen LogP) is 4.97. The highest BCUT2D eigenvalue weighted by molar-refractivity contribution is 7.16. The summed E-state index contributed by atoms with van der Waals surface area (Å²) < 4.78 is 0.892. The summed E-state index contributed by atoms with van der Waals surface area (Å²) >= 11 is 7.87. The molecule has 0 spiro atoms. The van der Waals surface area contributed by atoms with Crippen molar-refractivity contribution in [3.05, 3.63) is 56.2 Å². The Morgan fingerprint density at radius 1 is 1.21 bits per heavy atom. The molecule has 102 valence electrons. The highest BCUT2D eigenvalue weighted by atomic mass is 35.5. The molecule has 1 atom stereocenters. The van der Waals surface area contributed by atoms with Crippen molar-refractivity contribution in [3.8, 4) is 0 Å². The van der Waals surface area contributed by atoms with Crippen LogP contribution in [0.5, 0.6) is 0 Å². The van der Waals surface area contributed by atoms with Gasteiger partial charge >= 0.3 is 0 Å². The van der Waals surface area contributed by atoms with Crippen LogP contribution in [0, 0.1) is 6.92 Å². The van der Waals surface area contributed by atoms with Crippen LogP contribution in [0.4, 0.5) is 0 Å². The van der Waals surface area contributed by atoms with Crippen LogP contribution in [0.2, 0.25) is 4.34 Å². The van der Waals surface area contributed by atoms with Crippen LogP contribution >= 0.6 is 22.9 Å². The molecule has 1 unspecified atom stereocenters. The standard InChI is InChI=1S/C16H20ClNS/c1-4-12-6-8-13(9-7-12)15(18-5-2)14-10-11(3)16(17)19-14/h6-10,15,18H,4-5H2,1-3H3. The molecule has 1 nitrogen and oxygen atoms in total. The van der Waals surface area contributed by atoms with Crippen molar-refractivity contribution in [1.82, 2.24) is 5.32 Å². The zero-order valence-corrected chi connectivity index (χ0v) is 13.2. The first-order chi connectivity index (χ1) is 9.15. The highest BCUT2D eigenvalue weighted by Gasteiger charge is 2.16. The van der Waals surface area contributed by atoms with Gasteiger partial charge in [-0.2, -0.15) is 0 Å². The molecule has 1 aromatic carbocycles. The third-order valence-electron chi connectivity index (χ3n) is 3.29. The lowest BCUT2D eigenvalue weighted by atomic mass is 10.0. The molecular formula is C16H20ClNS. The van der Waals surface area contributed by atoms with Crippen molar-refractivity contribution < 1.29 is 0 Å². The average molecular weight is 294 g/mol. The van der Waals surface area contributed by atoms with Gasteiger partial charge in [-0.15, -0.1) is 11.3 Å². The minimum absolute atomic E-state index is 0.243. The fourth-order valence-corrected chi connectivity index (χ4v) is 3.48. The summed E-state index contributed by atoms with van der Waals surface area (Å²) in [5.74, 6) is 0. The molecule has 1 heterocycles. The lowest BCUT2D eigenvalue weighted by molar-refractivity contribution is 0.639. The van der Waals surface area contributed by atoms with Gasteiger partial charge in [-0.05, 0) is 42.6 Å². The van der Waals surface area contributed by atoms with Gasteiger partial charge in [0.2, 0.25) is 0 Å². The van der Waals surface area contributed by atoms with E-state index in [1.807, 2.05) is 0 Å². The molecule has 19 heavy (non-hydrogen) atoms. The van der Waals surface area contributed by atoms with Gasteiger partial charge in [-0.25, -0.2) is 0 Å². The third kappa shape index (κ3) is 3.38. The van der Waals surface area contributed by atoms with Crippen molar-refractivity contribution in [3.63, 3.8) is 0 Å². The summed E-state index contributed by atoms with van der Waals surface area (Å²) in [7, 11) is 0. The van der Waals surface area contributed by atoms with E-state index in [4.69, 9.17) is 11.6 Å². The molecule has 1 N–H and O–H groups in total. The number of hydrogen-bond donors (Lipinski definition) is 1. The first-order valence-electron chi connectivity index (χ1n) is 6.73. The number of nitrogens with one attached hydrogen (secondary N) is 1. The van der Waals surface area contributed by atoms with E-state index in [2.05, 4.69) is 56.4 Å². The minimum atomic E-state index is 0.243. The Hall–Kier alpha value is -0.830. The molecule has 0 amide bonds. The Morgan fingerprint density at radius 3 is 2.37 bits per heavy atom. The average Bonchev–Trinajstić information content (AvgIpc) is 2.76. The van der Waals surface area contributed by atoms with Gasteiger partial charge in [-0.1, -0.05) is 49.7 Å². The van der Waals surface area contributed by atoms with E-state index in [0.29, 0.717) is 0 Å². The maximum Gasteiger partial charge on any atom is 0.0961 e. The van der Waals surface area contributed by atoms with Crippen LogP contribution in [0.1, 0.15) is 41.5 Å². The van der Waals surface area contributed by atoms with E-state index in [9.17, 15) is 0 Å². The SMILES string of the molecule is CCNC(c1ccc(CC)cc1)c1cc(C)c(Cl)s1. The van der Waals surface area contributed by atoms with Gasteiger partial charge in [0, 0.05) is 4.88 Å². The summed E-state index contributed by atoms with van der Waals surface area (Å²) in [5.41, 5.74) is 3.84. The van der Waals surface area contributed by atoms with Crippen LogP contribution in [0.3, 0.4) is 0 Å². The lowest BCUT2D eigenvalue weighted by Gasteiger charge is -2.17. The third-order valence-corrected chi connectivity index (χ3v) is 4.91.